The van der Waals surface area contributed by atoms with E-state index in [-0.39, 0.29) is 18.2 Å². The van der Waals surface area contributed by atoms with Gasteiger partial charge in [-0.2, -0.15) is 5.10 Å². The number of ether oxygens (including phenoxy) is 1. The van der Waals surface area contributed by atoms with Gasteiger partial charge in [-0.3, -0.25) is 14.5 Å². The van der Waals surface area contributed by atoms with E-state index in [4.69, 9.17) is 16.3 Å². The number of hydrogen-bond donors (Lipinski definition) is 1. The zero-order valence-electron chi connectivity index (χ0n) is 17.8. The van der Waals surface area contributed by atoms with Gasteiger partial charge in [0.25, 0.3) is 5.91 Å². The summed E-state index contributed by atoms with van der Waals surface area (Å²) in [6.45, 7) is 8.52. The monoisotopic (exact) mass is 495 g/mol. The highest BCUT2D eigenvalue weighted by Crippen LogP contribution is 2.19. The molecule has 30 heavy (non-hydrogen) atoms. The third-order valence-corrected chi connectivity index (χ3v) is 4.22. The Hall–Kier alpha value is -2.45. The lowest BCUT2D eigenvalue weighted by molar-refractivity contribution is 0.0945. The van der Waals surface area contributed by atoms with Gasteiger partial charge in [-0.05, 0) is 34.1 Å². The van der Waals surface area contributed by atoms with Crippen LogP contribution in [-0.4, -0.2) is 25.7 Å². The lowest BCUT2D eigenvalue weighted by Crippen LogP contribution is -2.24. The van der Waals surface area contributed by atoms with Crippen molar-refractivity contribution in [1.29, 1.82) is 0 Å². The van der Waals surface area contributed by atoms with Crippen LogP contribution in [0, 0.1) is 0 Å². The molecular weight excluding hydrogens is 470 g/mol. The Morgan fingerprint density at radius 2 is 1.97 bits per heavy atom. The van der Waals surface area contributed by atoms with Gasteiger partial charge >= 0.3 is 0 Å². The minimum atomic E-state index is -0.321. The predicted molar refractivity (Wildman–Crippen MR) is 123 cm³/mol. The van der Waals surface area contributed by atoms with E-state index in [9.17, 15) is 4.79 Å². The lowest BCUT2D eigenvalue weighted by Gasteiger charge is -2.08. The zero-order valence-corrected chi connectivity index (χ0v) is 20.2. The smallest absolute Gasteiger partial charge is 0.270 e. The van der Waals surface area contributed by atoms with Crippen molar-refractivity contribution in [3.05, 3.63) is 69.3 Å². The second-order valence-electron chi connectivity index (χ2n) is 5.41. The second-order valence-corrected chi connectivity index (χ2v) is 6.63. The summed E-state index contributed by atoms with van der Waals surface area (Å²) < 4.78 is 7.94. The molecule has 0 unspecified atom stereocenters. The largest absolute Gasteiger partial charge is 0.473 e. The van der Waals surface area contributed by atoms with E-state index in [1.54, 1.807) is 16.8 Å². The van der Waals surface area contributed by atoms with Gasteiger partial charge < -0.3 is 10.1 Å². The van der Waals surface area contributed by atoms with Gasteiger partial charge in [0, 0.05) is 31.1 Å². The van der Waals surface area contributed by atoms with Crippen LogP contribution in [0.3, 0.4) is 0 Å². The molecule has 7 nitrogen and oxygen atoms in total. The van der Waals surface area contributed by atoms with E-state index >= 15 is 0 Å². The maximum absolute atomic E-state index is 12.2. The average Bonchev–Trinajstić information content (AvgIpc) is 3.19. The van der Waals surface area contributed by atoms with E-state index in [1.165, 1.54) is 12.3 Å². The topological polar surface area (TPSA) is 81.9 Å². The first kappa shape index (κ1) is 25.6. The summed E-state index contributed by atoms with van der Waals surface area (Å²) in [6.07, 6.45) is 3.33. The number of nitrogens with one attached hydrogen (secondary N) is 1. The number of hydrogen-bond acceptors (Lipinski definition) is 5. The van der Waals surface area contributed by atoms with Gasteiger partial charge in [-0.1, -0.05) is 45.4 Å². The molecule has 3 aromatic heterocycles. The molecule has 162 valence electrons. The average molecular weight is 497 g/mol. The van der Waals surface area contributed by atoms with Gasteiger partial charge in [0.1, 0.15) is 16.9 Å². The summed E-state index contributed by atoms with van der Waals surface area (Å²) in [5.74, 6) is 0.145. The van der Waals surface area contributed by atoms with Crippen LogP contribution in [0.5, 0.6) is 5.88 Å². The summed E-state index contributed by atoms with van der Waals surface area (Å²) in [5.41, 5.74) is 1.66. The molecule has 0 aromatic carbocycles. The molecule has 1 amide bonds. The standard InChI is InChI=1S/C17H15BrClN5O2.2C2H6/c1-24-6-5-12(23-24)9-21-17(25)14-7-13(19)11(8-20-14)10-26-16-4-2-3-15(18)22-16;2*1-2/h2-8H,9-10H2,1H3,(H,21,25);2*1-2H3. The number of nitrogens with zero attached hydrogens (tertiary/aromatic N) is 4. The van der Waals surface area contributed by atoms with Crippen LogP contribution in [0.25, 0.3) is 0 Å². The molecule has 0 aliphatic carbocycles. The quantitative estimate of drug-likeness (QED) is 0.475. The first-order valence-electron chi connectivity index (χ1n) is 9.68. The number of carbonyl (C=O) groups excluding carboxylic acids is 1. The molecule has 3 aromatic rings. The highest BCUT2D eigenvalue weighted by Gasteiger charge is 2.11. The van der Waals surface area contributed by atoms with E-state index in [2.05, 4.69) is 36.3 Å². The van der Waals surface area contributed by atoms with Crippen molar-refractivity contribution in [2.24, 2.45) is 7.05 Å². The third kappa shape index (κ3) is 8.12. The van der Waals surface area contributed by atoms with Crippen LogP contribution < -0.4 is 10.1 Å². The maximum atomic E-state index is 12.2. The van der Waals surface area contributed by atoms with E-state index in [0.717, 1.165) is 5.69 Å². The Kier molecular flexibility index (Phi) is 11.7. The van der Waals surface area contributed by atoms with Crippen LogP contribution in [0.1, 0.15) is 49.4 Å². The van der Waals surface area contributed by atoms with Crippen molar-refractivity contribution in [1.82, 2.24) is 25.1 Å². The fourth-order valence-electron chi connectivity index (χ4n) is 2.13. The van der Waals surface area contributed by atoms with Gasteiger partial charge in [-0.15, -0.1) is 0 Å². The van der Waals surface area contributed by atoms with Gasteiger partial charge in [0.05, 0.1) is 17.3 Å². The van der Waals surface area contributed by atoms with Gasteiger partial charge in [0.2, 0.25) is 5.88 Å². The van der Waals surface area contributed by atoms with Crippen molar-refractivity contribution < 1.29 is 9.53 Å². The van der Waals surface area contributed by atoms with Crippen LogP contribution in [0.2, 0.25) is 5.02 Å². The van der Waals surface area contributed by atoms with E-state index < -0.39 is 0 Å². The molecule has 0 saturated heterocycles. The molecule has 0 spiro atoms. The molecular formula is C21H27BrClN5O2. The fraction of sp³-hybridized carbons (Fsp3) is 0.333. The molecule has 0 aliphatic heterocycles. The molecule has 1 N–H and O–H groups in total. The summed E-state index contributed by atoms with van der Waals surface area (Å²) in [7, 11) is 1.82. The van der Waals surface area contributed by atoms with Crippen molar-refractivity contribution in [2.45, 2.75) is 40.8 Å². The number of halogens is 2. The van der Waals surface area contributed by atoms with Crippen molar-refractivity contribution >= 4 is 33.4 Å². The predicted octanol–water partition coefficient (Wildman–Crippen LogP) is 5.19. The summed E-state index contributed by atoms with van der Waals surface area (Å²) in [4.78, 5) is 20.5. The first-order chi connectivity index (χ1) is 14.5. The number of aryl methyl sites for hydroxylation is 1. The normalized spacial score (nSPS) is 9.57. The van der Waals surface area contributed by atoms with Crippen molar-refractivity contribution in [2.75, 3.05) is 0 Å². The third-order valence-electron chi connectivity index (χ3n) is 3.43. The molecule has 0 aliphatic rings. The van der Waals surface area contributed by atoms with Crippen LogP contribution >= 0.6 is 27.5 Å². The molecule has 0 saturated carbocycles. The molecule has 3 rings (SSSR count). The molecule has 9 heteroatoms. The second kappa shape index (κ2) is 13.7. The van der Waals surface area contributed by atoms with Crippen LogP contribution in [0.15, 0.2) is 47.3 Å². The SMILES string of the molecule is CC.CC.Cn1ccc(CNC(=O)c2cc(Cl)c(COc3cccc(Br)n3)cn2)n1. The molecule has 0 radical (unpaired) electrons. The fourth-order valence-corrected chi connectivity index (χ4v) is 2.66. The number of pyridine rings is 2. The minimum absolute atomic E-state index is 0.200. The number of amides is 1. The van der Waals surface area contributed by atoms with E-state index in [1.807, 2.05) is 53.1 Å². The van der Waals surface area contributed by atoms with Gasteiger partial charge in [-0.25, -0.2) is 4.98 Å². The summed E-state index contributed by atoms with van der Waals surface area (Å²) in [6, 6.07) is 8.71. The van der Waals surface area contributed by atoms with Crippen LogP contribution in [0.4, 0.5) is 0 Å². The molecule has 0 atom stereocenters. The number of rotatable bonds is 6. The Morgan fingerprint density at radius 1 is 1.23 bits per heavy atom. The number of carbonyl (C=O) groups is 1. The van der Waals surface area contributed by atoms with Crippen molar-refractivity contribution in [3.63, 3.8) is 0 Å². The first-order valence-corrected chi connectivity index (χ1v) is 10.8. The minimum Gasteiger partial charge on any atom is -0.473 e. The van der Waals surface area contributed by atoms with Gasteiger partial charge in [0.15, 0.2) is 0 Å². The van der Waals surface area contributed by atoms with Crippen LogP contribution in [-0.2, 0) is 20.2 Å². The Bertz CT molecular complexity index is 933. The Morgan fingerprint density at radius 3 is 2.57 bits per heavy atom. The molecule has 0 fully saturated rings. The Labute approximate surface area is 191 Å². The summed E-state index contributed by atoms with van der Waals surface area (Å²) in [5, 5.41) is 7.35. The highest BCUT2D eigenvalue weighted by atomic mass is 79.9. The lowest BCUT2D eigenvalue weighted by atomic mass is 10.2. The summed E-state index contributed by atoms with van der Waals surface area (Å²) >= 11 is 9.53. The highest BCUT2D eigenvalue weighted by molar-refractivity contribution is 9.10. The molecule has 0 bridgehead atoms. The number of aromatic nitrogens is 4. The Balaban J connectivity index is 0.00000106. The van der Waals surface area contributed by atoms with E-state index in [0.29, 0.717) is 27.6 Å². The molecule has 3 heterocycles. The maximum Gasteiger partial charge on any atom is 0.270 e. The zero-order chi connectivity index (χ0) is 22.5. The van der Waals surface area contributed by atoms with Crippen molar-refractivity contribution in [3.8, 4) is 5.88 Å².